The Morgan fingerprint density at radius 3 is 2.81 bits per heavy atom. The zero-order valence-corrected chi connectivity index (χ0v) is 15.8. The van der Waals surface area contributed by atoms with Crippen molar-refractivity contribution >= 4 is 29.2 Å². The lowest BCUT2D eigenvalue weighted by molar-refractivity contribution is -0.119. The fraction of sp³-hybridized carbons (Fsp3) is 0.611. The standard InChI is InChI=1S/C18H25ClN4O3/c1-13(24)20-10-14-3-2-4-23(12-14)17-16(19)9-15(11-21-17)18(25)22-5-7-26-8-6-22/h9,11,14H,2-8,10,12H2,1H3,(H,20,24). The van der Waals surface area contributed by atoms with Crippen LogP contribution in [0.1, 0.15) is 30.1 Å². The number of ether oxygens (including phenoxy) is 1. The van der Waals surface area contributed by atoms with Crippen molar-refractivity contribution in [2.75, 3.05) is 50.8 Å². The maximum absolute atomic E-state index is 12.6. The number of piperidine rings is 1. The van der Waals surface area contributed by atoms with E-state index in [0.29, 0.717) is 55.2 Å². The number of hydrogen-bond acceptors (Lipinski definition) is 5. The molecule has 2 aliphatic heterocycles. The van der Waals surface area contributed by atoms with Crippen LogP contribution >= 0.6 is 11.6 Å². The number of rotatable bonds is 4. The molecule has 2 aliphatic rings. The molecule has 0 aromatic carbocycles. The van der Waals surface area contributed by atoms with Gasteiger partial charge in [-0.05, 0) is 24.8 Å². The van der Waals surface area contributed by atoms with E-state index in [1.807, 2.05) is 0 Å². The minimum absolute atomic E-state index is 0.00995. The third-order valence-corrected chi connectivity index (χ3v) is 5.10. The van der Waals surface area contributed by atoms with Gasteiger partial charge >= 0.3 is 0 Å². The number of amides is 2. The minimum Gasteiger partial charge on any atom is -0.378 e. The lowest BCUT2D eigenvalue weighted by Crippen LogP contribution is -2.41. The average Bonchev–Trinajstić information content (AvgIpc) is 2.66. The molecule has 142 valence electrons. The summed E-state index contributed by atoms with van der Waals surface area (Å²) in [4.78, 5) is 32.1. The van der Waals surface area contributed by atoms with Gasteiger partial charge in [-0.25, -0.2) is 4.98 Å². The fourth-order valence-electron chi connectivity index (χ4n) is 3.44. The van der Waals surface area contributed by atoms with E-state index in [2.05, 4.69) is 15.2 Å². The van der Waals surface area contributed by atoms with Crippen molar-refractivity contribution in [3.8, 4) is 0 Å². The highest BCUT2D eigenvalue weighted by atomic mass is 35.5. The van der Waals surface area contributed by atoms with Crippen LogP contribution in [0.25, 0.3) is 0 Å². The highest BCUT2D eigenvalue weighted by Crippen LogP contribution is 2.28. The van der Waals surface area contributed by atoms with Gasteiger partial charge in [0.2, 0.25) is 5.91 Å². The zero-order valence-electron chi connectivity index (χ0n) is 15.0. The molecule has 0 spiro atoms. The lowest BCUT2D eigenvalue weighted by Gasteiger charge is -2.34. The average molecular weight is 381 g/mol. The molecule has 0 aliphatic carbocycles. The van der Waals surface area contributed by atoms with Gasteiger partial charge in [-0.3, -0.25) is 9.59 Å². The molecule has 2 saturated heterocycles. The van der Waals surface area contributed by atoms with Crippen molar-refractivity contribution in [2.45, 2.75) is 19.8 Å². The largest absolute Gasteiger partial charge is 0.378 e. The second-order valence-electron chi connectivity index (χ2n) is 6.83. The molecule has 26 heavy (non-hydrogen) atoms. The van der Waals surface area contributed by atoms with Gasteiger partial charge in [0, 0.05) is 45.8 Å². The predicted molar refractivity (Wildman–Crippen MR) is 99.6 cm³/mol. The van der Waals surface area contributed by atoms with E-state index < -0.39 is 0 Å². The van der Waals surface area contributed by atoms with Gasteiger partial charge in [-0.15, -0.1) is 0 Å². The summed E-state index contributed by atoms with van der Waals surface area (Å²) in [6.07, 6.45) is 3.70. The number of carbonyl (C=O) groups is 2. The molecule has 1 unspecified atom stereocenters. The number of nitrogens with zero attached hydrogens (tertiary/aromatic N) is 3. The molecule has 1 aromatic heterocycles. The molecule has 8 heteroatoms. The van der Waals surface area contributed by atoms with E-state index in [1.165, 1.54) is 6.92 Å². The van der Waals surface area contributed by atoms with E-state index in [9.17, 15) is 9.59 Å². The van der Waals surface area contributed by atoms with Gasteiger partial charge in [0.05, 0.1) is 23.8 Å². The molecule has 1 aromatic rings. The Morgan fingerprint density at radius 2 is 2.12 bits per heavy atom. The summed E-state index contributed by atoms with van der Waals surface area (Å²) in [6.45, 7) is 6.18. The van der Waals surface area contributed by atoms with Crippen molar-refractivity contribution in [3.05, 3.63) is 22.8 Å². The third-order valence-electron chi connectivity index (χ3n) is 4.83. The molecule has 1 atom stereocenters. The number of hydrogen-bond donors (Lipinski definition) is 1. The number of aromatic nitrogens is 1. The van der Waals surface area contributed by atoms with Gasteiger partial charge in [-0.2, -0.15) is 0 Å². The highest BCUT2D eigenvalue weighted by molar-refractivity contribution is 6.33. The van der Waals surface area contributed by atoms with Crippen LogP contribution in [0.3, 0.4) is 0 Å². The first-order valence-corrected chi connectivity index (χ1v) is 9.44. The van der Waals surface area contributed by atoms with Crippen LogP contribution in [0.15, 0.2) is 12.3 Å². The highest BCUT2D eigenvalue weighted by Gasteiger charge is 2.24. The Balaban J connectivity index is 1.66. The second-order valence-corrected chi connectivity index (χ2v) is 7.23. The first-order chi connectivity index (χ1) is 12.5. The summed E-state index contributed by atoms with van der Waals surface area (Å²) >= 11 is 6.45. The number of morpholine rings is 1. The Kier molecular flexibility index (Phi) is 6.32. The number of pyridine rings is 1. The minimum atomic E-state index is -0.0589. The van der Waals surface area contributed by atoms with E-state index in [1.54, 1.807) is 17.2 Å². The summed E-state index contributed by atoms with van der Waals surface area (Å²) in [7, 11) is 0. The molecular formula is C18H25ClN4O3. The smallest absolute Gasteiger partial charge is 0.255 e. The van der Waals surface area contributed by atoms with Crippen LogP contribution in [-0.2, 0) is 9.53 Å². The summed E-state index contributed by atoms with van der Waals surface area (Å²) in [5.41, 5.74) is 0.507. The Hall–Kier alpha value is -1.86. The molecule has 0 bridgehead atoms. The van der Waals surface area contributed by atoms with Gasteiger partial charge in [0.25, 0.3) is 5.91 Å². The van der Waals surface area contributed by atoms with Crippen LogP contribution in [0.4, 0.5) is 5.82 Å². The molecule has 3 rings (SSSR count). The van der Waals surface area contributed by atoms with E-state index in [4.69, 9.17) is 16.3 Å². The van der Waals surface area contributed by atoms with Crippen molar-refractivity contribution in [1.82, 2.24) is 15.2 Å². The molecule has 1 N–H and O–H groups in total. The first-order valence-electron chi connectivity index (χ1n) is 9.06. The van der Waals surface area contributed by atoms with Crippen LogP contribution in [-0.4, -0.2) is 67.6 Å². The van der Waals surface area contributed by atoms with Crippen LogP contribution in [0.2, 0.25) is 5.02 Å². The topological polar surface area (TPSA) is 74.8 Å². The maximum Gasteiger partial charge on any atom is 0.255 e. The number of anilines is 1. The normalized spacial score (nSPS) is 20.8. The zero-order chi connectivity index (χ0) is 18.5. The monoisotopic (exact) mass is 380 g/mol. The lowest BCUT2D eigenvalue weighted by atomic mass is 9.98. The number of nitrogens with one attached hydrogen (secondary N) is 1. The molecule has 3 heterocycles. The van der Waals surface area contributed by atoms with Gasteiger partial charge in [-0.1, -0.05) is 11.6 Å². The maximum atomic E-state index is 12.6. The summed E-state index contributed by atoms with van der Waals surface area (Å²) in [5, 5.41) is 3.37. The van der Waals surface area contributed by atoms with Crippen LogP contribution < -0.4 is 10.2 Å². The Bertz CT molecular complexity index is 664. The van der Waals surface area contributed by atoms with Gasteiger partial charge < -0.3 is 19.9 Å². The predicted octanol–water partition coefficient (Wildman–Crippen LogP) is 1.56. The molecule has 0 saturated carbocycles. The van der Waals surface area contributed by atoms with Gasteiger partial charge in [0.1, 0.15) is 5.82 Å². The quantitative estimate of drug-likeness (QED) is 0.858. The van der Waals surface area contributed by atoms with Crippen molar-refractivity contribution < 1.29 is 14.3 Å². The van der Waals surface area contributed by atoms with E-state index >= 15 is 0 Å². The SMILES string of the molecule is CC(=O)NCC1CCCN(c2ncc(C(=O)N3CCOCC3)cc2Cl)C1. The Labute approximate surface area is 158 Å². The van der Waals surface area contributed by atoms with Crippen LogP contribution in [0.5, 0.6) is 0 Å². The number of halogens is 1. The van der Waals surface area contributed by atoms with Crippen molar-refractivity contribution in [1.29, 1.82) is 0 Å². The summed E-state index contributed by atoms with van der Waals surface area (Å²) < 4.78 is 5.28. The third kappa shape index (κ3) is 4.65. The molecule has 7 nitrogen and oxygen atoms in total. The fourth-order valence-corrected chi connectivity index (χ4v) is 3.73. The molecular weight excluding hydrogens is 356 g/mol. The number of carbonyl (C=O) groups excluding carboxylic acids is 2. The summed E-state index contributed by atoms with van der Waals surface area (Å²) in [6, 6.07) is 1.71. The van der Waals surface area contributed by atoms with E-state index in [-0.39, 0.29) is 11.8 Å². The summed E-state index contributed by atoms with van der Waals surface area (Å²) in [5.74, 6) is 1.01. The van der Waals surface area contributed by atoms with Crippen molar-refractivity contribution in [2.24, 2.45) is 5.92 Å². The van der Waals surface area contributed by atoms with Gasteiger partial charge in [0.15, 0.2) is 0 Å². The Morgan fingerprint density at radius 1 is 1.35 bits per heavy atom. The molecule has 0 radical (unpaired) electrons. The molecule has 2 amide bonds. The van der Waals surface area contributed by atoms with Crippen LogP contribution in [0, 0.1) is 5.92 Å². The van der Waals surface area contributed by atoms with E-state index in [0.717, 1.165) is 25.9 Å². The molecule has 2 fully saturated rings. The second kappa shape index (κ2) is 8.68. The first kappa shape index (κ1) is 18.9. The van der Waals surface area contributed by atoms with Crippen molar-refractivity contribution in [3.63, 3.8) is 0 Å².